The van der Waals surface area contributed by atoms with E-state index in [1.165, 1.54) is 21.7 Å². The molecule has 0 atom stereocenters. The van der Waals surface area contributed by atoms with Crippen LogP contribution < -0.4 is 5.73 Å². The van der Waals surface area contributed by atoms with Crippen LogP contribution >= 0.6 is 0 Å². The van der Waals surface area contributed by atoms with E-state index in [1.807, 2.05) is 12.1 Å². The molecule has 0 aliphatic carbocycles. The Morgan fingerprint density at radius 2 is 1.53 bits per heavy atom. The average molecular weight is 221 g/mol. The Hall–Kier alpha value is -2.02. The minimum atomic E-state index is 0.853. The highest BCUT2D eigenvalue weighted by Crippen LogP contribution is 2.28. The molecule has 3 aromatic carbocycles. The van der Waals surface area contributed by atoms with Crippen LogP contribution in [0.5, 0.6) is 0 Å². The van der Waals surface area contributed by atoms with Crippen molar-refractivity contribution in [2.75, 3.05) is 5.73 Å². The Bertz CT molecular complexity index is 698. The summed E-state index contributed by atoms with van der Waals surface area (Å²) in [5.74, 6) is 0. The summed E-state index contributed by atoms with van der Waals surface area (Å²) in [5.41, 5.74) is 8.27. The van der Waals surface area contributed by atoms with Crippen LogP contribution in [0.1, 0.15) is 12.5 Å². The van der Waals surface area contributed by atoms with Crippen molar-refractivity contribution in [3.05, 3.63) is 54.1 Å². The fourth-order valence-electron chi connectivity index (χ4n) is 2.45. The third-order valence-electron chi connectivity index (χ3n) is 3.38. The van der Waals surface area contributed by atoms with Crippen LogP contribution in [0.15, 0.2) is 48.5 Å². The highest BCUT2D eigenvalue weighted by molar-refractivity contribution is 6.04. The summed E-state index contributed by atoms with van der Waals surface area (Å²) in [6.07, 6.45) is 1.06. The SMILES string of the molecule is CCc1cccc2cc3c(N)cccc3cc12. The zero-order valence-corrected chi connectivity index (χ0v) is 9.90. The number of benzene rings is 3. The quantitative estimate of drug-likeness (QED) is 0.485. The van der Waals surface area contributed by atoms with Gasteiger partial charge in [0.25, 0.3) is 0 Å². The van der Waals surface area contributed by atoms with Crippen LogP contribution in [-0.4, -0.2) is 0 Å². The highest BCUT2D eigenvalue weighted by atomic mass is 14.5. The maximum atomic E-state index is 6.02. The van der Waals surface area contributed by atoms with Crippen molar-refractivity contribution in [1.29, 1.82) is 0 Å². The van der Waals surface area contributed by atoms with Crippen molar-refractivity contribution in [2.24, 2.45) is 0 Å². The van der Waals surface area contributed by atoms with Crippen molar-refractivity contribution in [2.45, 2.75) is 13.3 Å². The summed E-state index contributed by atoms with van der Waals surface area (Å²) in [6, 6.07) is 17.0. The van der Waals surface area contributed by atoms with E-state index in [1.54, 1.807) is 0 Å². The topological polar surface area (TPSA) is 26.0 Å². The van der Waals surface area contributed by atoms with Gasteiger partial charge in [-0.1, -0.05) is 37.3 Å². The third-order valence-corrected chi connectivity index (χ3v) is 3.38. The van der Waals surface area contributed by atoms with Crippen molar-refractivity contribution >= 4 is 27.2 Å². The van der Waals surface area contributed by atoms with Crippen molar-refractivity contribution in [1.82, 2.24) is 0 Å². The molecule has 0 saturated heterocycles. The zero-order valence-electron chi connectivity index (χ0n) is 9.90. The lowest BCUT2D eigenvalue weighted by molar-refractivity contribution is 1.16. The Morgan fingerprint density at radius 1 is 0.882 bits per heavy atom. The molecule has 0 amide bonds. The van der Waals surface area contributed by atoms with Gasteiger partial charge in [-0.3, -0.25) is 0 Å². The zero-order chi connectivity index (χ0) is 11.8. The number of hydrogen-bond acceptors (Lipinski definition) is 1. The van der Waals surface area contributed by atoms with Gasteiger partial charge in [0, 0.05) is 11.1 Å². The molecule has 0 aliphatic heterocycles. The first-order valence-corrected chi connectivity index (χ1v) is 5.99. The first-order chi connectivity index (χ1) is 8.29. The molecule has 0 unspecified atom stereocenters. The van der Waals surface area contributed by atoms with Gasteiger partial charge in [0.15, 0.2) is 0 Å². The van der Waals surface area contributed by atoms with Gasteiger partial charge in [0.1, 0.15) is 0 Å². The molecule has 0 saturated carbocycles. The van der Waals surface area contributed by atoms with Crippen LogP contribution in [0.3, 0.4) is 0 Å². The lowest BCUT2D eigenvalue weighted by Gasteiger charge is -2.08. The van der Waals surface area contributed by atoms with E-state index in [0.29, 0.717) is 0 Å². The first kappa shape index (κ1) is 10.2. The number of fused-ring (bicyclic) bond motifs is 2. The van der Waals surface area contributed by atoms with Crippen molar-refractivity contribution in [3.8, 4) is 0 Å². The van der Waals surface area contributed by atoms with E-state index >= 15 is 0 Å². The number of nitrogens with two attached hydrogens (primary N) is 1. The van der Waals surface area contributed by atoms with Gasteiger partial charge in [0.2, 0.25) is 0 Å². The third kappa shape index (κ3) is 1.55. The van der Waals surface area contributed by atoms with Crippen molar-refractivity contribution in [3.63, 3.8) is 0 Å². The van der Waals surface area contributed by atoms with E-state index in [4.69, 9.17) is 5.73 Å². The molecule has 0 aliphatic rings. The lowest BCUT2D eigenvalue weighted by atomic mass is 9.98. The Kier molecular flexibility index (Phi) is 2.25. The van der Waals surface area contributed by atoms with E-state index in [2.05, 4.69) is 43.3 Å². The molecule has 17 heavy (non-hydrogen) atoms. The van der Waals surface area contributed by atoms with Crippen LogP contribution in [-0.2, 0) is 6.42 Å². The largest absolute Gasteiger partial charge is 0.398 e. The maximum absolute atomic E-state index is 6.02. The molecule has 1 nitrogen and oxygen atoms in total. The molecular weight excluding hydrogens is 206 g/mol. The molecule has 2 N–H and O–H groups in total. The maximum Gasteiger partial charge on any atom is 0.0393 e. The predicted octanol–water partition coefficient (Wildman–Crippen LogP) is 4.14. The van der Waals surface area contributed by atoms with Gasteiger partial charge < -0.3 is 5.73 Å². The smallest absolute Gasteiger partial charge is 0.0393 e. The van der Waals surface area contributed by atoms with Gasteiger partial charge in [-0.05, 0) is 46.3 Å². The van der Waals surface area contributed by atoms with Crippen LogP contribution in [0.25, 0.3) is 21.5 Å². The monoisotopic (exact) mass is 221 g/mol. The molecule has 3 rings (SSSR count). The number of rotatable bonds is 1. The number of nitrogen functional groups attached to an aromatic ring is 1. The normalized spacial score (nSPS) is 11.1. The second-order valence-electron chi connectivity index (χ2n) is 4.41. The summed E-state index contributed by atoms with van der Waals surface area (Å²) >= 11 is 0. The molecule has 0 aromatic heterocycles. The van der Waals surface area contributed by atoms with E-state index in [-0.39, 0.29) is 0 Å². The number of anilines is 1. The standard InChI is InChI=1S/C16H15N/c1-2-11-5-3-6-12-10-15-13(9-14(11)12)7-4-8-16(15)17/h3-10H,2,17H2,1H3. The fourth-order valence-corrected chi connectivity index (χ4v) is 2.45. The van der Waals surface area contributed by atoms with E-state index in [0.717, 1.165) is 17.5 Å². The molecular formula is C16H15N. The minimum Gasteiger partial charge on any atom is -0.398 e. The van der Waals surface area contributed by atoms with Gasteiger partial charge in [-0.15, -0.1) is 0 Å². The number of aryl methyl sites for hydroxylation is 1. The molecule has 0 radical (unpaired) electrons. The number of hydrogen-bond donors (Lipinski definition) is 1. The Balaban J connectivity index is 2.48. The second kappa shape index (κ2) is 3.77. The second-order valence-corrected chi connectivity index (χ2v) is 4.41. The van der Waals surface area contributed by atoms with Crippen LogP contribution in [0.2, 0.25) is 0 Å². The minimum absolute atomic E-state index is 0.853. The highest BCUT2D eigenvalue weighted by Gasteiger charge is 2.03. The van der Waals surface area contributed by atoms with Gasteiger partial charge in [-0.25, -0.2) is 0 Å². The van der Waals surface area contributed by atoms with Gasteiger partial charge >= 0.3 is 0 Å². The summed E-state index contributed by atoms with van der Waals surface area (Å²) in [7, 11) is 0. The van der Waals surface area contributed by atoms with Gasteiger partial charge in [-0.2, -0.15) is 0 Å². The summed E-state index contributed by atoms with van der Waals surface area (Å²) in [5, 5.41) is 4.98. The van der Waals surface area contributed by atoms with Crippen LogP contribution in [0, 0.1) is 0 Å². The van der Waals surface area contributed by atoms with Crippen LogP contribution in [0.4, 0.5) is 5.69 Å². The molecule has 0 fully saturated rings. The van der Waals surface area contributed by atoms with Crippen molar-refractivity contribution < 1.29 is 0 Å². The summed E-state index contributed by atoms with van der Waals surface area (Å²) < 4.78 is 0. The van der Waals surface area contributed by atoms with E-state index < -0.39 is 0 Å². The van der Waals surface area contributed by atoms with Gasteiger partial charge in [0.05, 0.1) is 0 Å². The first-order valence-electron chi connectivity index (χ1n) is 5.99. The molecule has 0 spiro atoms. The molecule has 84 valence electrons. The Morgan fingerprint density at radius 3 is 2.29 bits per heavy atom. The summed E-state index contributed by atoms with van der Waals surface area (Å²) in [6.45, 7) is 2.19. The molecule has 0 bridgehead atoms. The van der Waals surface area contributed by atoms with E-state index in [9.17, 15) is 0 Å². The fraction of sp³-hybridized carbons (Fsp3) is 0.125. The predicted molar refractivity (Wildman–Crippen MR) is 75.2 cm³/mol. The molecule has 1 heteroatoms. The average Bonchev–Trinajstić information content (AvgIpc) is 2.36. The Labute approximate surface area is 101 Å². The lowest BCUT2D eigenvalue weighted by Crippen LogP contribution is -1.88. The summed E-state index contributed by atoms with van der Waals surface area (Å²) in [4.78, 5) is 0. The molecule has 3 aromatic rings. The molecule has 0 heterocycles.